The average molecular weight is 282 g/mol. The molecule has 2 aromatic rings. The van der Waals surface area contributed by atoms with Crippen LogP contribution in [0.15, 0.2) is 36.4 Å². The summed E-state index contributed by atoms with van der Waals surface area (Å²) >= 11 is 0. The Morgan fingerprint density at radius 1 is 1.33 bits per heavy atom. The Morgan fingerprint density at radius 2 is 2.05 bits per heavy atom. The third kappa shape index (κ3) is 3.42. The first-order valence-electron chi connectivity index (χ1n) is 6.74. The lowest BCUT2D eigenvalue weighted by atomic mass is 10.2. The molecule has 2 rings (SSSR count). The maximum atomic E-state index is 9.13. The Hall–Kier alpha value is -2.74. The zero-order valence-electron chi connectivity index (χ0n) is 12.2. The second-order valence-corrected chi connectivity index (χ2v) is 4.64. The highest BCUT2D eigenvalue weighted by atomic mass is 16.5. The number of nitrogens with zero attached hydrogens (tertiary/aromatic N) is 3. The zero-order valence-corrected chi connectivity index (χ0v) is 12.2. The number of ether oxygens (including phenoxy) is 1. The number of hydrogen-bond acceptors (Lipinski definition) is 5. The van der Waals surface area contributed by atoms with Crippen molar-refractivity contribution in [2.75, 3.05) is 24.3 Å². The van der Waals surface area contributed by atoms with Gasteiger partial charge in [-0.15, -0.1) is 0 Å². The minimum atomic E-state index is 0.286. The van der Waals surface area contributed by atoms with Crippen LogP contribution >= 0.6 is 0 Å². The van der Waals surface area contributed by atoms with Gasteiger partial charge in [-0.3, -0.25) is 0 Å². The highest BCUT2D eigenvalue weighted by molar-refractivity contribution is 5.64. The van der Waals surface area contributed by atoms with E-state index in [0.717, 1.165) is 0 Å². The predicted molar refractivity (Wildman–Crippen MR) is 83.1 cm³/mol. The Balaban J connectivity index is 2.29. The number of nitrogens with two attached hydrogens (primary N) is 1. The molecule has 1 aromatic carbocycles. The van der Waals surface area contributed by atoms with E-state index in [9.17, 15) is 0 Å². The molecule has 0 aliphatic carbocycles. The first-order valence-corrected chi connectivity index (χ1v) is 6.74. The Kier molecular flexibility index (Phi) is 4.62. The van der Waals surface area contributed by atoms with E-state index in [4.69, 9.17) is 15.7 Å². The Bertz CT molecular complexity index is 649. The number of hydrogen-bond donors (Lipinski definition) is 1. The van der Waals surface area contributed by atoms with E-state index in [1.54, 1.807) is 6.07 Å². The minimum Gasteiger partial charge on any atom is -0.477 e. The number of anilines is 2. The average Bonchev–Trinajstić information content (AvgIpc) is 2.48. The van der Waals surface area contributed by atoms with Gasteiger partial charge in [0.15, 0.2) is 0 Å². The van der Waals surface area contributed by atoms with E-state index >= 15 is 0 Å². The van der Waals surface area contributed by atoms with Crippen LogP contribution < -0.4 is 15.4 Å². The van der Waals surface area contributed by atoms with Crippen LogP contribution in [0.4, 0.5) is 11.5 Å². The molecule has 0 atom stereocenters. The van der Waals surface area contributed by atoms with Crippen molar-refractivity contribution in [3.8, 4) is 11.9 Å². The number of aromatic nitrogens is 1. The summed E-state index contributed by atoms with van der Waals surface area (Å²) in [7, 11) is 1.93. The van der Waals surface area contributed by atoms with Gasteiger partial charge >= 0.3 is 0 Å². The summed E-state index contributed by atoms with van der Waals surface area (Å²) < 4.78 is 5.41. The Labute approximate surface area is 124 Å². The fraction of sp³-hybridized carbons (Fsp3) is 0.250. The van der Waals surface area contributed by atoms with Gasteiger partial charge in [0.05, 0.1) is 12.3 Å². The van der Waals surface area contributed by atoms with Crippen LogP contribution in [0.3, 0.4) is 0 Å². The van der Waals surface area contributed by atoms with Gasteiger partial charge in [-0.25, -0.2) is 0 Å². The third-order valence-corrected chi connectivity index (χ3v) is 3.05. The van der Waals surface area contributed by atoms with E-state index in [2.05, 4.69) is 4.98 Å². The molecule has 0 bridgehead atoms. The van der Waals surface area contributed by atoms with Crippen LogP contribution in [0.25, 0.3) is 0 Å². The van der Waals surface area contributed by atoms with E-state index in [1.807, 2.05) is 55.3 Å². The van der Waals surface area contributed by atoms with Crippen LogP contribution in [0, 0.1) is 11.3 Å². The molecule has 0 fully saturated rings. The smallest absolute Gasteiger partial charge is 0.235 e. The van der Waals surface area contributed by atoms with Gasteiger partial charge in [0.2, 0.25) is 5.88 Å². The lowest BCUT2D eigenvalue weighted by Gasteiger charge is -2.20. The van der Waals surface area contributed by atoms with Crippen molar-refractivity contribution in [1.29, 1.82) is 5.26 Å². The van der Waals surface area contributed by atoms with Gasteiger partial charge in [0, 0.05) is 19.7 Å². The maximum absolute atomic E-state index is 9.13. The topological polar surface area (TPSA) is 75.2 Å². The van der Waals surface area contributed by atoms with E-state index in [1.165, 1.54) is 5.56 Å². The van der Waals surface area contributed by atoms with E-state index in [-0.39, 0.29) is 11.4 Å². The van der Waals surface area contributed by atoms with Crippen molar-refractivity contribution in [3.05, 3.63) is 47.5 Å². The van der Waals surface area contributed by atoms with Crippen LogP contribution in [-0.4, -0.2) is 18.6 Å². The highest BCUT2D eigenvalue weighted by Gasteiger charge is 2.14. The summed E-state index contributed by atoms with van der Waals surface area (Å²) in [5, 5.41) is 9.13. The Morgan fingerprint density at radius 3 is 2.67 bits per heavy atom. The SMILES string of the molecule is CCOc1nc(N(C)Cc2ccccc2)cc(N)c1C#N. The summed E-state index contributed by atoms with van der Waals surface area (Å²) in [6, 6.07) is 13.8. The fourth-order valence-electron chi connectivity index (χ4n) is 2.01. The van der Waals surface area contributed by atoms with Gasteiger partial charge in [-0.2, -0.15) is 10.2 Å². The van der Waals surface area contributed by atoms with Crippen LogP contribution in [0.2, 0.25) is 0 Å². The van der Waals surface area contributed by atoms with E-state index in [0.29, 0.717) is 24.7 Å². The van der Waals surface area contributed by atoms with Crippen molar-refractivity contribution in [1.82, 2.24) is 4.98 Å². The number of pyridine rings is 1. The second-order valence-electron chi connectivity index (χ2n) is 4.64. The number of nitriles is 1. The molecule has 5 heteroatoms. The molecule has 108 valence electrons. The molecule has 0 unspecified atom stereocenters. The van der Waals surface area contributed by atoms with Gasteiger partial charge in [0.1, 0.15) is 17.5 Å². The molecule has 1 heterocycles. The molecule has 0 aliphatic rings. The molecule has 0 spiro atoms. The molecular weight excluding hydrogens is 264 g/mol. The normalized spacial score (nSPS) is 9.95. The quantitative estimate of drug-likeness (QED) is 0.912. The van der Waals surface area contributed by atoms with Crippen molar-refractivity contribution in [2.45, 2.75) is 13.5 Å². The monoisotopic (exact) mass is 282 g/mol. The van der Waals surface area contributed by atoms with Gasteiger partial charge in [-0.05, 0) is 12.5 Å². The highest BCUT2D eigenvalue weighted by Crippen LogP contribution is 2.27. The second kappa shape index (κ2) is 6.62. The molecule has 21 heavy (non-hydrogen) atoms. The lowest BCUT2D eigenvalue weighted by Crippen LogP contribution is -2.18. The standard InChI is InChI=1S/C16H18N4O/c1-3-21-16-13(10-17)14(18)9-15(19-16)20(2)11-12-7-5-4-6-8-12/h4-9H,3,11H2,1-2H3,(H2,18,19). The van der Waals surface area contributed by atoms with Crippen molar-refractivity contribution in [2.24, 2.45) is 0 Å². The molecule has 0 saturated carbocycles. The first kappa shape index (κ1) is 14.7. The van der Waals surface area contributed by atoms with Gasteiger partial charge in [-0.1, -0.05) is 30.3 Å². The van der Waals surface area contributed by atoms with Crippen LogP contribution in [0.5, 0.6) is 5.88 Å². The molecule has 2 N–H and O–H groups in total. The summed E-state index contributed by atoms with van der Waals surface area (Å²) in [5.74, 6) is 0.966. The summed E-state index contributed by atoms with van der Waals surface area (Å²) in [4.78, 5) is 6.36. The van der Waals surface area contributed by atoms with Crippen molar-refractivity contribution in [3.63, 3.8) is 0 Å². The molecular formula is C16H18N4O. The summed E-state index contributed by atoms with van der Waals surface area (Å²) in [6.45, 7) is 2.98. The summed E-state index contributed by atoms with van der Waals surface area (Å²) in [6.07, 6.45) is 0. The van der Waals surface area contributed by atoms with Crippen LogP contribution in [0.1, 0.15) is 18.1 Å². The fourth-order valence-corrected chi connectivity index (χ4v) is 2.01. The lowest BCUT2D eigenvalue weighted by molar-refractivity contribution is 0.326. The third-order valence-electron chi connectivity index (χ3n) is 3.05. The number of benzene rings is 1. The predicted octanol–water partition coefficient (Wildman–Crippen LogP) is 2.57. The van der Waals surface area contributed by atoms with Gasteiger partial charge < -0.3 is 15.4 Å². The number of rotatable bonds is 5. The molecule has 1 aromatic heterocycles. The molecule has 0 aliphatic heterocycles. The first-order chi connectivity index (χ1) is 10.2. The molecule has 0 saturated heterocycles. The molecule has 5 nitrogen and oxygen atoms in total. The van der Waals surface area contributed by atoms with Crippen LogP contribution in [-0.2, 0) is 6.54 Å². The summed E-state index contributed by atoms with van der Waals surface area (Å²) in [5.41, 5.74) is 7.76. The number of nitrogen functional groups attached to an aromatic ring is 1. The molecule has 0 amide bonds. The van der Waals surface area contributed by atoms with E-state index < -0.39 is 0 Å². The van der Waals surface area contributed by atoms with Crippen molar-refractivity contribution < 1.29 is 4.74 Å². The maximum Gasteiger partial charge on any atom is 0.235 e. The molecule has 0 radical (unpaired) electrons. The minimum absolute atomic E-state index is 0.286. The van der Waals surface area contributed by atoms with Gasteiger partial charge in [0.25, 0.3) is 0 Å². The largest absolute Gasteiger partial charge is 0.477 e. The zero-order chi connectivity index (χ0) is 15.2. The van der Waals surface area contributed by atoms with Crippen molar-refractivity contribution >= 4 is 11.5 Å².